The van der Waals surface area contributed by atoms with Crippen molar-refractivity contribution in [2.75, 3.05) is 13.7 Å². The van der Waals surface area contributed by atoms with Gasteiger partial charge in [0.05, 0.1) is 24.3 Å². The summed E-state index contributed by atoms with van der Waals surface area (Å²) in [6.07, 6.45) is -3.16. The third-order valence-electron chi connectivity index (χ3n) is 2.35. The Morgan fingerprint density at radius 1 is 1.37 bits per heavy atom. The van der Waals surface area contributed by atoms with E-state index in [-0.39, 0.29) is 16.9 Å². The fraction of sp³-hybridized carbons (Fsp3) is 0.250. The number of halogens is 3. The molecule has 0 aliphatic rings. The second kappa shape index (κ2) is 4.83. The Labute approximate surface area is 105 Å². The van der Waals surface area contributed by atoms with E-state index in [1.807, 2.05) is 0 Å². The first-order valence-corrected chi connectivity index (χ1v) is 5.20. The quantitative estimate of drug-likeness (QED) is 0.807. The number of fused-ring (bicyclic) bond motifs is 1. The van der Waals surface area contributed by atoms with Crippen LogP contribution < -0.4 is 4.74 Å². The summed E-state index contributed by atoms with van der Waals surface area (Å²) in [5.41, 5.74) is 0.308. The zero-order valence-electron chi connectivity index (χ0n) is 9.78. The maximum atomic E-state index is 12.2. The SMILES string of the molecule is COC(=O)c1cc(OCC(F)(F)F)c2ccoc2c1. The number of carbonyl (C=O) groups is 1. The highest BCUT2D eigenvalue weighted by atomic mass is 19.4. The zero-order valence-corrected chi connectivity index (χ0v) is 9.78. The van der Waals surface area contributed by atoms with E-state index in [9.17, 15) is 18.0 Å². The van der Waals surface area contributed by atoms with Gasteiger partial charge in [-0.25, -0.2) is 4.79 Å². The number of alkyl halides is 3. The van der Waals surface area contributed by atoms with Crippen LogP contribution in [0.25, 0.3) is 11.0 Å². The average molecular weight is 274 g/mol. The molecule has 1 aromatic heterocycles. The van der Waals surface area contributed by atoms with Gasteiger partial charge in [-0.1, -0.05) is 0 Å². The van der Waals surface area contributed by atoms with Gasteiger partial charge in [-0.3, -0.25) is 0 Å². The smallest absolute Gasteiger partial charge is 0.422 e. The molecule has 4 nitrogen and oxygen atoms in total. The van der Waals surface area contributed by atoms with Crippen molar-refractivity contribution in [2.24, 2.45) is 0 Å². The van der Waals surface area contributed by atoms with Crippen LogP contribution in [0.2, 0.25) is 0 Å². The lowest BCUT2D eigenvalue weighted by molar-refractivity contribution is -0.153. The lowest BCUT2D eigenvalue weighted by Gasteiger charge is -2.10. The monoisotopic (exact) mass is 274 g/mol. The summed E-state index contributed by atoms with van der Waals surface area (Å²) in [5.74, 6) is -0.765. The number of carbonyl (C=O) groups excluding carboxylic acids is 1. The van der Waals surface area contributed by atoms with Gasteiger partial charge in [0.1, 0.15) is 11.3 Å². The highest BCUT2D eigenvalue weighted by Gasteiger charge is 2.29. The first-order chi connectivity index (χ1) is 8.90. The molecule has 1 aromatic carbocycles. The molecule has 0 aliphatic heterocycles. The van der Waals surface area contributed by atoms with Crippen LogP contribution in [-0.4, -0.2) is 25.9 Å². The number of furan rings is 1. The summed E-state index contributed by atoms with van der Waals surface area (Å²) in [4.78, 5) is 11.4. The minimum Gasteiger partial charge on any atom is -0.483 e. The summed E-state index contributed by atoms with van der Waals surface area (Å²) in [7, 11) is 1.17. The molecule has 0 saturated heterocycles. The molecule has 0 spiro atoms. The Morgan fingerprint density at radius 3 is 2.74 bits per heavy atom. The standard InChI is InChI=1S/C12H9F3O4/c1-17-11(16)7-4-9-8(2-3-18-9)10(5-7)19-6-12(13,14)15/h2-5H,6H2,1H3. The largest absolute Gasteiger partial charge is 0.483 e. The van der Waals surface area contributed by atoms with Crippen LogP contribution in [0.15, 0.2) is 28.9 Å². The third kappa shape index (κ3) is 2.98. The van der Waals surface area contributed by atoms with E-state index in [1.165, 1.54) is 31.6 Å². The Morgan fingerprint density at radius 2 is 2.11 bits per heavy atom. The topological polar surface area (TPSA) is 48.7 Å². The minimum atomic E-state index is -4.46. The van der Waals surface area contributed by atoms with Crippen LogP contribution in [0, 0.1) is 0 Å². The highest BCUT2D eigenvalue weighted by Crippen LogP contribution is 2.30. The molecular formula is C12H9F3O4. The summed E-state index contributed by atoms with van der Waals surface area (Å²) in [6, 6.07) is 4.03. The van der Waals surface area contributed by atoms with Crippen molar-refractivity contribution in [1.29, 1.82) is 0 Å². The fourth-order valence-electron chi connectivity index (χ4n) is 1.55. The summed E-state index contributed by atoms with van der Waals surface area (Å²) < 4.78 is 50.7. The Kier molecular flexibility index (Phi) is 3.37. The molecule has 102 valence electrons. The van der Waals surface area contributed by atoms with Gasteiger partial charge in [0.25, 0.3) is 0 Å². The number of esters is 1. The van der Waals surface area contributed by atoms with E-state index in [1.54, 1.807) is 0 Å². The van der Waals surface area contributed by atoms with E-state index in [0.717, 1.165) is 0 Å². The predicted molar refractivity (Wildman–Crippen MR) is 59.1 cm³/mol. The second-order valence-corrected chi connectivity index (χ2v) is 3.70. The van der Waals surface area contributed by atoms with Gasteiger partial charge in [-0.15, -0.1) is 0 Å². The number of ether oxygens (including phenoxy) is 2. The summed E-state index contributed by atoms with van der Waals surface area (Å²) in [5, 5.41) is 0.358. The summed E-state index contributed by atoms with van der Waals surface area (Å²) >= 11 is 0. The number of hydrogen-bond acceptors (Lipinski definition) is 4. The van der Waals surface area contributed by atoms with Crippen LogP contribution in [0.5, 0.6) is 5.75 Å². The van der Waals surface area contributed by atoms with Crippen molar-refractivity contribution in [3.63, 3.8) is 0 Å². The van der Waals surface area contributed by atoms with Gasteiger partial charge in [0, 0.05) is 0 Å². The van der Waals surface area contributed by atoms with E-state index in [4.69, 9.17) is 4.42 Å². The Hall–Kier alpha value is -2.18. The lowest BCUT2D eigenvalue weighted by Crippen LogP contribution is -2.19. The van der Waals surface area contributed by atoms with E-state index in [2.05, 4.69) is 9.47 Å². The molecule has 19 heavy (non-hydrogen) atoms. The molecule has 0 saturated carbocycles. The molecular weight excluding hydrogens is 265 g/mol. The van der Waals surface area contributed by atoms with E-state index in [0.29, 0.717) is 5.39 Å². The molecule has 0 atom stereocenters. The lowest BCUT2D eigenvalue weighted by atomic mass is 10.1. The Bertz CT molecular complexity index is 601. The maximum absolute atomic E-state index is 12.2. The first-order valence-electron chi connectivity index (χ1n) is 5.20. The van der Waals surface area contributed by atoms with Crippen LogP contribution in [0.1, 0.15) is 10.4 Å². The average Bonchev–Trinajstić information content (AvgIpc) is 2.81. The van der Waals surface area contributed by atoms with Crippen molar-refractivity contribution < 1.29 is 31.9 Å². The van der Waals surface area contributed by atoms with Gasteiger partial charge in [-0.2, -0.15) is 13.2 Å². The van der Waals surface area contributed by atoms with Gasteiger partial charge in [0.2, 0.25) is 0 Å². The van der Waals surface area contributed by atoms with Crippen molar-refractivity contribution in [1.82, 2.24) is 0 Å². The number of benzene rings is 1. The first kappa shape index (κ1) is 13.3. The molecule has 0 unspecified atom stereocenters. The molecule has 2 rings (SSSR count). The van der Waals surface area contributed by atoms with Gasteiger partial charge < -0.3 is 13.9 Å². The number of rotatable bonds is 3. The van der Waals surface area contributed by atoms with Crippen LogP contribution in [0.3, 0.4) is 0 Å². The molecule has 0 aliphatic carbocycles. The fourth-order valence-corrected chi connectivity index (χ4v) is 1.55. The molecule has 0 bridgehead atoms. The Balaban J connectivity index is 2.39. The van der Waals surface area contributed by atoms with Crippen LogP contribution in [0.4, 0.5) is 13.2 Å². The van der Waals surface area contributed by atoms with Crippen molar-refractivity contribution in [3.05, 3.63) is 30.0 Å². The minimum absolute atomic E-state index is 0.0575. The van der Waals surface area contributed by atoms with Crippen LogP contribution >= 0.6 is 0 Å². The third-order valence-corrected chi connectivity index (χ3v) is 2.35. The molecule has 0 radical (unpaired) electrons. The maximum Gasteiger partial charge on any atom is 0.422 e. The normalized spacial score (nSPS) is 11.6. The molecule has 0 amide bonds. The molecule has 0 N–H and O–H groups in total. The number of methoxy groups -OCH3 is 1. The van der Waals surface area contributed by atoms with Crippen LogP contribution in [-0.2, 0) is 4.74 Å². The highest BCUT2D eigenvalue weighted by molar-refractivity contribution is 5.96. The number of hydrogen-bond donors (Lipinski definition) is 0. The van der Waals surface area contributed by atoms with Crippen molar-refractivity contribution in [3.8, 4) is 5.75 Å². The predicted octanol–water partition coefficient (Wildman–Crippen LogP) is 3.16. The van der Waals surface area contributed by atoms with E-state index >= 15 is 0 Å². The van der Waals surface area contributed by atoms with Gasteiger partial charge in [0.15, 0.2) is 6.61 Å². The summed E-state index contributed by atoms with van der Waals surface area (Å²) in [6.45, 7) is -1.45. The van der Waals surface area contributed by atoms with Gasteiger partial charge in [-0.05, 0) is 18.2 Å². The van der Waals surface area contributed by atoms with E-state index < -0.39 is 18.8 Å². The zero-order chi connectivity index (χ0) is 14.0. The molecule has 0 fully saturated rings. The molecule has 1 heterocycles. The van der Waals surface area contributed by atoms with Gasteiger partial charge >= 0.3 is 12.1 Å². The molecule has 2 aromatic rings. The van der Waals surface area contributed by atoms with Crippen molar-refractivity contribution >= 4 is 16.9 Å². The van der Waals surface area contributed by atoms with Crippen molar-refractivity contribution in [2.45, 2.75) is 6.18 Å². The molecule has 7 heteroatoms. The second-order valence-electron chi connectivity index (χ2n) is 3.70.